The number of halogens is 2. The van der Waals surface area contributed by atoms with Crippen molar-refractivity contribution >= 4 is 32.3 Å². The van der Waals surface area contributed by atoms with Gasteiger partial charge in [-0.05, 0) is 51.4 Å². The molecular weight excluding hydrogens is 1040 g/mol. The molecule has 4 aliphatic heterocycles. The van der Waals surface area contributed by atoms with Gasteiger partial charge in [0.05, 0.1) is 32.3 Å². The molecule has 0 nitrogen and oxygen atoms in total. The van der Waals surface area contributed by atoms with Gasteiger partial charge in [0.1, 0.15) is 0 Å². The Balaban J connectivity index is 0.000000418. The molecule has 0 N–H and O–H groups in total. The molecule has 4 aliphatic carbocycles. The fourth-order valence-electron chi connectivity index (χ4n) is 12.2. The number of rotatable bonds is 20. The maximum Gasteiger partial charge on any atom is 0.0819 e. The van der Waals surface area contributed by atoms with Crippen LogP contribution in [0, 0.1) is 0 Å². The number of hydrogen-bond donors (Lipinski definition) is 0. The van der Waals surface area contributed by atoms with Crippen LogP contribution in [0.4, 0.5) is 0 Å². The molecule has 0 aromatic carbocycles. The Bertz CT molecular complexity index is 1390. The first-order valence-corrected chi connectivity index (χ1v) is 37.3. The molecule has 0 unspecified atom stereocenters. The Morgan fingerprint density at radius 1 is 0.328 bits per heavy atom. The summed E-state index contributed by atoms with van der Waals surface area (Å²) in [5, 5.41) is 7.61. The van der Waals surface area contributed by atoms with E-state index in [1.165, 1.54) is 128 Å². The minimum atomic E-state index is -0.880. The minimum Gasteiger partial charge on any atom is -1.00 e. The van der Waals surface area contributed by atoms with Gasteiger partial charge < -0.3 is 24.8 Å². The molecular formula is C56H96Cl2Si4Zr2-2. The van der Waals surface area contributed by atoms with E-state index in [2.05, 4.69) is 104 Å². The fourth-order valence-corrected chi connectivity index (χ4v) is 31.1. The summed E-state index contributed by atoms with van der Waals surface area (Å²) in [6.07, 6.45) is 48.0. The maximum atomic E-state index is 2.57. The molecule has 0 saturated carbocycles. The zero-order chi connectivity index (χ0) is 42.9. The molecule has 4 saturated heterocycles. The average Bonchev–Trinajstić information content (AvgIpc) is 4.06. The van der Waals surface area contributed by atoms with Gasteiger partial charge in [-0.1, -0.05) is 297 Å². The summed E-state index contributed by atoms with van der Waals surface area (Å²) in [5.74, 6) is 0. The van der Waals surface area contributed by atoms with Crippen molar-refractivity contribution in [3.05, 3.63) is 91.7 Å². The number of unbranched alkanes of at least 4 members (excludes halogenated alkanes) is 4. The van der Waals surface area contributed by atoms with Gasteiger partial charge in [0.15, 0.2) is 0 Å². The van der Waals surface area contributed by atoms with Crippen molar-refractivity contribution in [3.63, 3.8) is 0 Å². The Labute approximate surface area is 453 Å². The van der Waals surface area contributed by atoms with Crippen LogP contribution < -0.4 is 24.8 Å². The van der Waals surface area contributed by atoms with Crippen LogP contribution in [0.25, 0.3) is 0 Å². The van der Waals surface area contributed by atoms with Gasteiger partial charge in [-0.25, -0.2) is 0 Å². The van der Waals surface area contributed by atoms with E-state index >= 15 is 0 Å². The first-order chi connectivity index (χ1) is 29.2. The van der Waals surface area contributed by atoms with Gasteiger partial charge in [-0.2, -0.15) is 0 Å². The molecule has 0 radical (unpaired) electrons. The molecule has 0 aromatic heterocycles. The Morgan fingerprint density at radius 3 is 0.625 bits per heavy atom. The number of hydrogen-bond acceptors (Lipinski definition) is 0. The summed E-state index contributed by atoms with van der Waals surface area (Å²) in [7, 11) is -3.52. The molecule has 0 atom stereocenters. The molecule has 0 amide bonds. The summed E-state index contributed by atoms with van der Waals surface area (Å²) < 4.78 is 0. The van der Waals surface area contributed by atoms with E-state index in [1.54, 1.807) is 94.8 Å². The van der Waals surface area contributed by atoms with Crippen molar-refractivity contribution in [3.8, 4) is 0 Å². The fraction of sp³-hybridized carbons (Fsp3) is 0.714. The van der Waals surface area contributed by atoms with Crippen LogP contribution in [-0.4, -0.2) is 32.3 Å². The van der Waals surface area contributed by atoms with E-state index in [4.69, 9.17) is 0 Å². The molecule has 0 spiro atoms. The van der Waals surface area contributed by atoms with E-state index in [1.807, 2.05) is 20.8 Å². The average molecular weight is 1140 g/mol. The molecule has 64 heavy (non-hydrogen) atoms. The van der Waals surface area contributed by atoms with E-state index in [0.717, 1.165) is 0 Å². The topological polar surface area (TPSA) is 0 Å². The van der Waals surface area contributed by atoms with Crippen LogP contribution in [-0.2, 0) is 52.4 Å². The predicted octanol–water partition coefficient (Wildman–Crippen LogP) is 13.4. The van der Waals surface area contributed by atoms with Gasteiger partial charge in [-0.15, -0.1) is 0 Å². The molecule has 8 aliphatic rings. The third-order valence-electron chi connectivity index (χ3n) is 17.4. The van der Waals surface area contributed by atoms with Crippen molar-refractivity contribution in [1.82, 2.24) is 0 Å². The van der Waals surface area contributed by atoms with E-state index < -0.39 is 32.3 Å². The maximum absolute atomic E-state index is 2.57. The quantitative estimate of drug-likeness (QED) is 0.107. The van der Waals surface area contributed by atoms with E-state index in [-0.39, 0.29) is 77.2 Å². The zero-order valence-electron chi connectivity index (χ0n) is 43.0. The number of allylic oxidation sites excluding steroid dienone is 16. The first-order valence-electron chi connectivity index (χ1n) is 26.8. The largest absolute Gasteiger partial charge is 1.00 e. The Morgan fingerprint density at radius 2 is 0.516 bits per heavy atom. The van der Waals surface area contributed by atoms with Crippen LogP contribution in [0.2, 0.25) is 72.5 Å². The van der Waals surface area contributed by atoms with E-state index in [9.17, 15) is 0 Å². The van der Waals surface area contributed by atoms with Crippen LogP contribution in [0.1, 0.15) is 184 Å². The molecule has 0 bridgehead atoms. The predicted molar refractivity (Wildman–Crippen MR) is 283 cm³/mol. The Kier molecular flexibility index (Phi) is 31.7. The molecule has 4 heterocycles. The minimum absolute atomic E-state index is 0. The first kappa shape index (κ1) is 63.1. The molecule has 360 valence electrons. The zero-order valence-corrected chi connectivity index (χ0v) is 53.4. The SMILES string of the molecule is CCCC[Si]1(C2=CC(CC)=CC2)CCC1.CCCC[Si]1(C2=CC(CC)=CC2)CCC1.CCCC[Si]1(C2=CC(CC)=CC2)CCC1.CCCC[Si]1(C2=CC(CC)=CC2)CCC1.[Cl-].[Cl-].[Zr].[Zr]. The summed E-state index contributed by atoms with van der Waals surface area (Å²) in [6, 6.07) is 19.1. The van der Waals surface area contributed by atoms with E-state index in [0.29, 0.717) is 0 Å². The third kappa shape index (κ3) is 16.6. The molecule has 0 aromatic rings. The summed E-state index contributed by atoms with van der Waals surface area (Å²) in [5.41, 5.74) is 6.45. The van der Waals surface area contributed by atoms with Gasteiger partial charge in [0.25, 0.3) is 0 Å². The van der Waals surface area contributed by atoms with Crippen LogP contribution in [0.5, 0.6) is 0 Å². The third-order valence-corrected chi connectivity index (χ3v) is 40.0. The standard InChI is InChI=1S/4C14H24Si.2ClH.2Zr/c4*1-3-5-9-15(10-6-11-15)14-8-7-13(4-2)12-14;;;;/h4*7,12H,3-6,8-11H2,1-2H3;2*1H;;/p-2. The van der Waals surface area contributed by atoms with Crippen molar-refractivity contribution in [2.75, 3.05) is 0 Å². The molecule has 8 rings (SSSR count). The van der Waals surface area contributed by atoms with Crippen molar-refractivity contribution in [1.29, 1.82) is 0 Å². The van der Waals surface area contributed by atoms with Gasteiger partial charge in [0.2, 0.25) is 0 Å². The Hall–Kier alpha value is 1.13. The van der Waals surface area contributed by atoms with Gasteiger partial charge >= 0.3 is 0 Å². The molecule has 4 fully saturated rings. The molecule has 8 heteroatoms. The smallest absolute Gasteiger partial charge is 0.0819 e. The van der Waals surface area contributed by atoms with Crippen LogP contribution in [0.3, 0.4) is 0 Å². The summed E-state index contributed by atoms with van der Waals surface area (Å²) >= 11 is 0. The van der Waals surface area contributed by atoms with Gasteiger partial charge in [-0.3, -0.25) is 0 Å². The summed E-state index contributed by atoms with van der Waals surface area (Å²) in [4.78, 5) is 0. The van der Waals surface area contributed by atoms with Crippen LogP contribution in [0.15, 0.2) is 91.7 Å². The second-order valence-electron chi connectivity index (χ2n) is 21.0. The second kappa shape index (κ2) is 32.2. The van der Waals surface area contributed by atoms with Crippen LogP contribution >= 0.6 is 0 Å². The second-order valence-corrected chi connectivity index (χ2v) is 39.8. The van der Waals surface area contributed by atoms with Gasteiger partial charge in [0, 0.05) is 52.4 Å². The monoisotopic (exact) mass is 1130 g/mol. The van der Waals surface area contributed by atoms with Crippen molar-refractivity contribution in [2.45, 2.75) is 256 Å². The van der Waals surface area contributed by atoms with Crippen molar-refractivity contribution < 1.29 is 77.2 Å². The van der Waals surface area contributed by atoms with Crippen molar-refractivity contribution in [2.24, 2.45) is 0 Å². The normalized spacial score (nSPS) is 21.9. The summed E-state index contributed by atoms with van der Waals surface area (Å²) in [6.45, 7) is 18.5.